The Kier molecular flexibility index (Phi) is 3.30. The van der Waals surface area contributed by atoms with Gasteiger partial charge in [-0.1, -0.05) is 15.9 Å². The van der Waals surface area contributed by atoms with Gasteiger partial charge in [-0.15, -0.1) is 5.10 Å². The van der Waals surface area contributed by atoms with Crippen LogP contribution in [0.25, 0.3) is 5.69 Å². The lowest BCUT2D eigenvalue weighted by Gasteiger charge is -2.05. The monoisotopic (exact) mass is 359 g/mol. The molecule has 1 aromatic heterocycles. The number of aryl methyl sites for hydroxylation is 1. The van der Waals surface area contributed by atoms with E-state index in [0.717, 1.165) is 14.6 Å². The van der Waals surface area contributed by atoms with E-state index in [9.17, 15) is 4.79 Å². The van der Waals surface area contributed by atoms with Crippen molar-refractivity contribution in [2.75, 3.05) is 0 Å². The van der Waals surface area contributed by atoms with Crippen LogP contribution >= 0.6 is 31.9 Å². The number of aromatic carboxylic acids is 1. The number of benzene rings is 1. The summed E-state index contributed by atoms with van der Waals surface area (Å²) in [4.78, 5) is 14.7. The molecular formula is C10H7Br2N3O2. The van der Waals surface area contributed by atoms with Gasteiger partial charge in [-0.05, 0) is 41.1 Å². The second-order valence-corrected chi connectivity index (χ2v) is 5.07. The maximum Gasteiger partial charge on any atom is 0.375 e. The van der Waals surface area contributed by atoms with E-state index < -0.39 is 5.97 Å². The molecule has 1 heterocycles. The molecular weight excluding hydrogens is 354 g/mol. The summed E-state index contributed by atoms with van der Waals surface area (Å²) < 4.78 is 3.17. The first kappa shape index (κ1) is 12.3. The highest BCUT2D eigenvalue weighted by Gasteiger charge is 2.15. The summed E-state index contributed by atoms with van der Waals surface area (Å²) in [6, 6.07) is 5.55. The van der Waals surface area contributed by atoms with Gasteiger partial charge in [-0.3, -0.25) is 0 Å². The van der Waals surface area contributed by atoms with Crippen molar-refractivity contribution in [3.8, 4) is 5.69 Å². The van der Waals surface area contributed by atoms with Crippen LogP contribution in [0.15, 0.2) is 27.1 Å². The minimum Gasteiger partial charge on any atom is -0.475 e. The van der Waals surface area contributed by atoms with E-state index in [0.29, 0.717) is 5.82 Å². The normalized spacial score (nSPS) is 10.5. The van der Waals surface area contributed by atoms with Crippen LogP contribution in [0.1, 0.15) is 16.4 Å². The first-order chi connectivity index (χ1) is 7.99. The Bertz CT molecular complexity index is 595. The van der Waals surface area contributed by atoms with Crippen molar-refractivity contribution >= 4 is 37.8 Å². The molecule has 2 aromatic rings. The van der Waals surface area contributed by atoms with Crippen molar-refractivity contribution in [3.05, 3.63) is 38.8 Å². The molecule has 2 rings (SSSR count). The fourth-order valence-electron chi connectivity index (χ4n) is 1.36. The first-order valence-corrected chi connectivity index (χ1v) is 6.20. The van der Waals surface area contributed by atoms with Gasteiger partial charge in [-0.2, -0.15) is 0 Å². The number of rotatable bonds is 2. The van der Waals surface area contributed by atoms with E-state index in [1.165, 1.54) is 4.68 Å². The van der Waals surface area contributed by atoms with Crippen molar-refractivity contribution < 1.29 is 9.90 Å². The number of carboxylic acid groups (broad SMARTS) is 1. The van der Waals surface area contributed by atoms with Crippen LogP contribution in [0.3, 0.4) is 0 Å². The van der Waals surface area contributed by atoms with Crippen molar-refractivity contribution in [1.82, 2.24) is 14.8 Å². The Morgan fingerprint density at radius 3 is 2.71 bits per heavy atom. The van der Waals surface area contributed by atoms with Gasteiger partial charge < -0.3 is 5.11 Å². The fourth-order valence-corrected chi connectivity index (χ4v) is 2.12. The van der Waals surface area contributed by atoms with E-state index in [1.54, 1.807) is 6.92 Å². The van der Waals surface area contributed by atoms with Gasteiger partial charge in [0.1, 0.15) is 5.82 Å². The summed E-state index contributed by atoms with van der Waals surface area (Å²) in [7, 11) is 0. The third kappa shape index (κ3) is 2.39. The maximum atomic E-state index is 10.8. The number of halogens is 2. The molecule has 0 atom stereocenters. The Labute approximate surface area is 114 Å². The molecule has 0 saturated heterocycles. The zero-order valence-corrected chi connectivity index (χ0v) is 11.9. The number of carbonyl (C=O) groups is 1. The highest BCUT2D eigenvalue weighted by molar-refractivity contribution is 9.11. The van der Waals surface area contributed by atoms with Gasteiger partial charge in [0.25, 0.3) is 5.82 Å². The Morgan fingerprint density at radius 2 is 2.12 bits per heavy atom. The zero-order chi connectivity index (χ0) is 12.6. The second-order valence-electron chi connectivity index (χ2n) is 3.30. The first-order valence-electron chi connectivity index (χ1n) is 4.61. The number of carboxylic acids is 1. The lowest BCUT2D eigenvalue weighted by molar-refractivity contribution is 0.0683. The molecule has 17 heavy (non-hydrogen) atoms. The molecule has 0 saturated carbocycles. The molecule has 0 aliphatic rings. The summed E-state index contributed by atoms with van der Waals surface area (Å²) in [5.41, 5.74) is 0.733. The van der Waals surface area contributed by atoms with E-state index >= 15 is 0 Å². The highest BCUT2D eigenvalue weighted by Crippen LogP contribution is 2.25. The molecule has 0 amide bonds. The second kappa shape index (κ2) is 4.58. The van der Waals surface area contributed by atoms with Crippen LogP contribution in [0.2, 0.25) is 0 Å². The predicted octanol–water partition coefficient (Wildman–Crippen LogP) is 2.80. The third-order valence-electron chi connectivity index (χ3n) is 2.10. The SMILES string of the molecule is Cc1nc(C(=O)O)nn1-c1cc(Br)ccc1Br. The largest absolute Gasteiger partial charge is 0.475 e. The minimum atomic E-state index is -1.14. The molecule has 88 valence electrons. The molecule has 1 N–H and O–H groups in total. The number of hydrogen-bond acceptors (Lipinski definition) is 3. The molecule has 0 unspecified atom stereocenters. The third-order valence-corrected chi connectivity index (χ3v) is 3.26. The maximum absolute atomic E-state index is 10.8. The van der Waals surface area contributed by atoms with Gasteiger partial charge in [0.05, 0.1) is 5.69 Å². The van der Waals surface area contributed by atoms with Crippen molar-refractivity contribution in [3.63, 3.8) is 0 Å². The lowest BCUT2D eigenvalue weighted by atomic mass is 10.3. The lowest BCUT2D eigenvalue weighted by Crippen LogP contribution is -2.03. The molecule has 0 aliphatic heterocycles. The topological polar surface area (TPSA) is 68.0 Å². The van der Waals surface area contributed by atoms with Crippen LogP contribution < -0.4 is 0 Å². The standard InChI is InChI=1S/C10H7Br2N3O2/c1-5-13-9(10(16)17)14-15(5)8-4-6(11)2-3-7(8)12/h2-4H,1H3,(H,16,17). The number of hydrogen-bond donors (Lipinski definition) is 1. The van der Waals surface area contributed by atoms with Gasteiger partial charge in [-0.25, -0.2) is 14.5 Å². The van der Waals surface area contributed by atoms with Crippen molar-refractivity contribution in [2.24, 2.45) is 0 Å². The summed E-state index contributed by atoms with van der Waals surface area (Å²) >= 11 is 6.75. The molecule has 5 nitrogen and oxygen atoms in total. The fraction of sp³-hybridized carbons (Fsp3) is 0.100. The molecule has 0 spiro atoms. The van der Waals surface area contributed by atoms with Crippen LogP contribution in [-0.4, -0.2) is 25.8 Å². The summed E-state index contributed by atoms with van der Waals surface area (Å²) in [6.45, 7) is 1.70. The van der Waals surface area contributed by atoms with Crippen LogP contribution in [0.4, 0.5) is 0 Å². The Hall–Kier alpha value is -1.21. The van der Waals surface area contributed by atoms with Crippen LogP contribution in [0, 0.1) is 6.92 Å². The van der Waals surface area contributed by atoms with Gasteiger partial charge in [0.2, 0.25) is 0 Å². The van der Waals surface area contributed by atoms with Gasteiger partial charge >= 0.3 is 5.97 Å². The Balaban J connectivity index is 2.60. The average Bonchev–Trinajstić information content (AvgIpc) is 2.64. The van der Waals surface area contributed by atoms with Gasteiger partial charge in [0, 0.05) is 8.95 Å². The quantitative estimate of drug-likeness (QED) is 0.894. The van der Waals surface area contributed by atoms with Gasteiger partial charge in [0.15, 0.2) is 0 Å². The number of nitrogens with zero attached hydrogens (tertiary/aromatic N) is 3. The van der Waals surface area contributed by atoms with E-state index in [1.807, 2.05) is 18.2 Å². The molecule has 0 fully saturated rings. The van der Waals surface area contributed by atoms with Crippen molar-refractivity contribution in [1.29, 1.82) is 0 Å². The van der Waals surface area contributed by atoms with Crippen molar-refractivity contribution in [2.45, 2.75) is 6.92 Å². The minimum absolute atomic E-state index is 0.214. The molecule has 1 aromatic carbocycles. The number of aromatic nitrogens is 3. The summed E-state index contributed by atoms with van der Waals surface area (Å²) in [6.07, 6.45) is 0. The predicted molar refractivity (Wildman–Crippen MR) is 68.5 cm³/mol. The zero-order valence-electron chi connectivity index (χ0n) is 8.69. The Morgan fingerprint density at radius 1 is 1.41 bits per heavy atom. The molecule has 7 heteroatoms. The molecule has 0 bridgehead atoms. The van der Waals surface area contributed by atoms with Crippen LogP contribution in [0.5, 0.6) is 0 Å². The highest BCUT2D eigenvalue weighted by atomic mass is 79.9. The smallest absolute Gasteiger partial charge is 0.375 e. The van der Waals surface area contributed by atoms with E-state index in [2.05, 4.69) is 41.9 Å². The molecule has 0 radical (unpaired) electrons. The average molecular weight is 361 g/mol. The van der Waals surface area contributed by atoms with Crippen LogP contribution in [-0.2, 0) is 0 Å². The van der Waals surface area contributed by atoms with E-state index in [-0.39, 0.29) is 5.82 Å². The summed E-state index contributed by atoms with van der Waals surface area (Å²) in [5.74, 6) is -0.839. The van der Waals surface area contributed by atoms with E-state index in [4.69, 9.17) is 5.11 Å². The molecule has 0 aliphatic carbocycles. The summed E-state index contributed by atoms with van der Waals surface area (Å²) in [5, 5.41) is 12.8.